The van der Waals surface area contributed by atoms with Crippen molar-refractivity contribution in [2.75, 3.05) is 5.88 Å². The van der Waals surface area contributed by atoms with E-state index in [2.05, 4.69) is 153 Å². The first-order chi connectivity index (χ1) is 18.2. The molecule has 0 N–H and O–H groups in total. The second kappa shape index (κ2) is 13.2. The topological polar surface area (TPSA) is 0 Å². The molecule has 0 spiro atoms. The highest BCUT2D eigenvalue weighted by molar-refractivity contribution is 7.16. The number of allylic oxidation sites excluding steroid dienone is 5. The van der Waals surface area contributed by atoms with Gasteiger partial charge in [-0.05, 0) is 53.0 Å². The van der Waals surface area contributed by atoms with Crippen LogP contribution in [0.4, 0.5) is 0 Å². The summed E-state index contributed by atoms with van der Waals surface area (Å²) in [5.74, 6) is 0.480. The maximum absolute atomic E-state index is 7.05. The second-order valence-electron chi connectivity index (χ2n) is 9.55. The highest BCUT2D eigenvalue weighted by Crippen LogP contribution is 2.26. The van der Waals surface area contributed by atoms with Crippen molar-refractivity contribution in [3.63, 3.8) is 0 Å². The van der Waals surface area contributed by atoms with Crippen molar-refractivity contribution < 1.29 is 0 Å². The monoisotopic (exact) mass is 518 g/mol. The van der Waals surface area contributed by atoms with E-state index in [1.54, 1.807) is 0 Å². The lowest BCUT2D eigenvalue weighted by atomic mass is 10.1. The van der Waals surface area contributed by atoms with E-state index in [0.717, 1.165) is 12.8 Å². The Morgan fingerprint density at radius 3 is 1.49 bits per heavy atom. The molecule has 0 amide bonds. The van der Waals surface area contributed by atoms with Crippen LogP contribution in [0.15, 0.2) is 150 Å². The summed E-state index contributed by atoms with van der Waals surface area (Å²) in [4.78, 5) is 0. The van der Waals surface area contributed by atoms with Gasteiger partial charge in [0.15, 0.2) is 8.07 Å². The summed E-state index contributed by atoms with van der Waals surface area (Å²) in [6.07, 6.45) is 8.82. The lowest BCUT2D eigenvalue weighted by Gasteiger charge is -2.37. The minimum atomic E-state index is -2.66. The lowest BCUT2D eigenvalue weighted by Crippen LogP contribution is -2.69. The molecule has 0 aliphatic rings. The lowest BCUT2D eigenvalue weighted by molar-refractivity contribution is 0.987. The molecule has 0 heterocycles. The molecule has 2 heteroatoms. The molecule has 0 aromatic heterocycles. The minimum absolute atomic E-state index is 0.480. The van der Waals surface area contributed by atoms with Gasteiger partial charge in [-0.3, -0.25) is 0 Å². The van der Waals surface area contributed by atoms with Crippen molar-refractivity contribution in [2.45, 2.75) is 26.7 Å². The van der Waals surface area contributed by atoms with E-state index in [1.807, 2.05) is 0 Å². The fourth-order valence-corrected chi connectivity index (χ4v) is 10.9. The maximum atomic E-state index is 7.05. The summed E-state index contributed by atoms with van der Waals surface area (Å²) < 4.78 is 0. The number of alkyl halides is 1. The van der Waals surface area contributed by atoms with Gasteiger partial charge in [0.2, 0.25) is 0 Å². The van der Waals surface area contributed by atoms with Crippen LogP contribution in [-0.2, 0) is 0 Å². The van der Waals surface area contributed by atoms with Crippen LogP contribution in [0.25, 0.3) is 6.08 Å². The number of hydrogen-bond acceptors (Lipinski definition) is 0. The van der Waals surface area contributed by atoms with E-state index in [-0.39, 0.29) is 0 Å². The first-order valence-corrected chi connectivity index (χ1v) is 15.5. The molecule has 0 aliphatic heterocycles. The molecular weight excluding hydrogens is 484 g/mol. The van der Waals surface area contributed by atoms with Crippen LogP contribution in [0.3, 0.4) is 0 Å². The van der Waals surface area contributed by atoms with Crippen molar-refractivity contribution in [1.82, 2.24) is 0 Å². The van der Waals surface area contributed by atoms with Crippen LogP contribution in [0.1, 0.15) is 32.3 Å². The van der Waals surface area contributed by atoms with E-state index in [9.17, 15) is 0 Å². The average Bonchev–Trinajstić information content (AvgIpc) is 2.95. The molecule has 0 bridgehead atoms. The van der Waals surface area contributed by atoms with Gasteiger partial charge in [0.05, 0.1) is 0 Å². The Balaban J connectivity index is 2.06. The highest BCUT2D eigenvalue weighted by Gasteiger charge is 2.43. The van der Waals surface area contributed by atoms with E-state index in [0.29, 0.717) is 5.88 Å². The molecule has 4 aromatic rings. The molecular formula is C35H35ClSi. The third-order valence-electron chi connectivity index (χ3n) is 6.84. The Bertz CT molecular complexity index is 1240. The Kier molecular flexibility index (Phi) is 9.54. The Hall–Kier alpha value is -3.39. The summed E-state index contributed by atoms with van der Waals surface area (Å²) in [6, 6.07) is 43.6. The van der Waals surface area contributed by atoms with E-state index in [4.69, 9.17) is 11.6 Å². The van der Waals surface area contributed by atoms with Crippen LogP contribution in [0, 0.1) is 0 Å². The predicted molar refractivity (Wildman–Crippen MR) is 166 cm³/mol. The van der Waals surface area contributed by atoms with Gasteiger partial charge in [0.1, 0.15) is 0 Å². The number of benzene rings is 4. The zero-order valence-corrected chi connectivity index (χ0v) is 23.5. The fourth-order valence-electron chi connectivity index (χ4n) is 5.13. The quantitative estimate of drug-likeness (QED) is 0.0663. The van der Waals surface area contributed by atoms with E-state index >= 15 is 0 Å². The third kappa shape index (κ3) is 6.30. The van der Waals surface area contributed by atoms with Gasteiger partial charge in [-0.25, -0.2) is 0 Å². The molecule has 0 radical (unpaired) electrons. The van der Waals surface area contributed by atoms with Gasteiger partial charge in [-0.1, -0.05) is 151 Å². The molecule has 0 unspecified atom stereocenters. The first kappa shape index (κ1) is 26.7. The first-order valence-electron chi connectivity index (χ1n) is 13.0. The second-order valence-corrected chi connectivity index (χ2v) is 13.7. The Labute approximate surface area is 228 Å². The van der Waals surface area contributed by atoms with Crippen LogP contribution in [0.5, 0.6) is 0 Å². The molecule has 186 valence electrons. The minimum Gasteiger partial charge on any atom is -0.122 e. The SMILES string of the molecule is CC(C)=CCCC(/C=C/c1ccccc1)=C(/CCl)[Si](c1ccccc1)(c1ccccc1)c1ccccc1. The summed E-state index contributed by atoms with van der Waals surface area (Å²) in [7, 11) is -2.66. The zero-order valence-electron chi connectivity index (χ0n) is 21.8. The van der Waals surface area contributed by atoms with E-state index < -0.39 is 8.07 Å². The summed E-state index contributed by atoms with van der Waals surface area (Å²) in [5.41, 5.74) is 3.87. The average molecular weight is 519 g/mol. The van der Waals surface area contributed by atoms with Crippen LogP contribution in [0.2, 0.25) is 0 Å². The van der Waals surface area contributed by atoms with Gasteiger partial charge in [0, 0.05) is 5.88 Å². The molecule has 0 aliphatic carbocycles. The number of halogens is 1. The summed E-state index contributed by atoms with van der Waals surface area (Å²) >= 11 is 7.05. The summed E-state index contributed by atoms with van der Waals surface area (Å²) in [5, 5.41) is 5.43. The van der Waals surface area contributed by atoms with E-state index in [1.165, 1.54) is 37.5 Å². The molecule has 4 aromatic carbocycles. The van der Waals surface area contributed by atoms with Crippen molar-refractivity contribution in [3.8, 4) is 0 Å². The smallest absolute Gasteiger partial charge is 0.122 e. The van der Waals surface area contributed by atoms with Gasteiger partial charge < -0.3 is 0 Å². The van der Waals surface area contributed by atoms with Gasteiger partial charge in [-0.2, -0.15) is 0 Å². The molecule has 0 nitrogen and oxygen atoms in total. The largest absolute Gasteiger partial charge is 0.177 e. The Morgan fingerprint density at radius 1 is 0.649 bits per heavy atom. The fraction of sp³-hybridized carbons (Fsp3) is 0.143. The molecule has 4 rings (SSSR count). The number of hydrogen-bond donors (Lipinski definition) is 0. The normalized spacial score (nSPS) is 12.3. The van der Waals surface area contributed by atoms with Gasteiger partial charge in [0.25, 0.3) is 0 Å². The Morgan fingerprint density at radius 2 is 1.08 bits per heavy atom. The van der Waals surface area contributed by atoms with Crippen molar-refractivity contribution in [3.05, 3.63) is 155 Å². The van der Waals surface area contributed by atoms with Crippen molar-refractivity contribution >= 4 is 41.3 Å². The maximum Gasteiger partial charge on any atom is 0.177 e. The number of rotatable bonds is 10. The van der Waals surface area contributed by atoms with Gasteiger partial charge >= 0.3 is 0 Å². The summed E-state index contributed by atoms with van der Waals surface area (Å²) in [6.45, 7) is 4.34. The zero-order chi connectivity index (χ0) is 25.9. The molecule has 0 fully saturated rings. The standard InChI is InChI=1S/C35H35ClSi/c1-29(2)16-15-19-31(27-26-30-17-7-3-8-18-30)35(28-36)37(32-20-9-4-10-21-32,33-22-11-5-12-23-33)34-24-13-6-14-25-34/h3-14,16-18,20-27H,15,19,28H2,1-2H3/b27-26+,35-31+. The van der Waals surface area contributed by atoms with Crippen LogP contribution < -0.4 is 15.6 Å². The third-order valence-corrected chi connectivity index (χ3v) is 12.3. The van der Waals surface area contributed by atoms with Crippen LogP contribution >= 0.6 is 11.6 Å². The van der Waals surface area contributed by atoms with Gasteiger partial charge in [-0.15, -0.1) is 11.6 Å². The van der Waals surface area contributed by atoms with Crippen molar-refractivity contribution in [1.29, 1.82) is 0 Å². The molecule has 37 heavy (non-hydrogen) atoms. The molecule has 0 saturated heterocycles. The highest BCUT2D eigenvalue weighted by atomic mass is 35.5. The van der Waals surface area contributed by atoms with Crippen LogP contribution in [-0.4, -0.2) is 14.0 Å². The molecule has 0 saturated carbocycles. The van der Waals surface area contributed by atoms with Crippen molar-refractivity contribution in [2.24, 2.45) is 0 Å². The molecule has 0 atom stereocenters. The predicted octanol–water partition coefficient (Wildman–Crippen LogP) is 7.69.